The molecule has 1 aromatic carbocycles. The molecular formula is C10H12Br2O. The fraction of sp³-hybridized carbons (Fsp3) is 0.400. The van der Waals surface area contributed by atoms with E-state index in [2.05, 4.69) is 31.9 Å². The van der Waals surface area contributed by atoms with E-state index in [0.717, 1.165) is 14.5 Å². The van der Waals surface area contributed by atoms with Gasteiger partial charge in [0, 0.05) is 14.5 Å². The van der Waals surface area contributed by atoms with E-state index in [9.17, 15) is 5.11 Å². The van der Waals surface area contributed by atoms with Crippen LogP contribution in [0.5, 0.6) is 0 Å². The normalized spacial score (nSPS) is 13.4. The topological polar surface area (TPSA) is 20.2 Å². The lowest BCUT2D eigenvalue weighted by Gasteiger charge is -2.17. The van der Waals surface area contributed by atoms with Crippen LogP contribution in [0.4, 0.5) is 0 Å². The molecule has 0 bridgehead atoms. The molecule has 0 saturated carbocycles. The highest BCUT2D eigenvalue weighted by atomic mass is 79.9. The number of rotatable bonds is 2. The Kier molecular flexibility index (Phi) is 3.95. The van der Waals surface area contributed by atoms with Crippen molar-refractivity contribution in [3.05, 3.63) is 32.7 Å². The summed E-state index contributed by atoms with van der Waals surface area (Å²) in [7, 11) is 0. The highest BCUT2D eigenvalue weighted by Gasteiger charge is 2.17. The van der Waals surface area contributed by atoms with Gasteiger partial charge in [-0.15, -0.1) is 0 Å². The van der Waals surface area contributed by atoms with Crippen LogP contribution in [0.3, 0.4) is 0 Å². The fourth-order valence-electron chi connectivity index (χ4n) is 1.13. The third-order valence-electron chi connectivity index (χ3n) is 1.93. The molecule has 1 N–H and O–H groups in total. The first-order valence-corrected chi connectivity index (χ1v) is 5.74. The lowest BCUT2D eigenvalue weighted by atomic mass is 9.99. The quantitative estimate of drug-likeness (QED) is 0.878. The molecule has 0 saturated heterocycles. The molecule has 1 rings (SSSR count). The molecule has 1 atom stereocenters. The zero-order chi connectivity index (χ0) is 10.0. The summed E-state index contributed by atoms with van der Waals surface area (Å²) in [6, 6.07) is 5.81. The molecule has 0 aliphatic heterocycles. The van der Waals surface area contributed by atoms with E-state index in [4.69, 9.17) is 0 Å². The molecular weight excluding hydrogens is 296 g/mol. The van der Waals surface area contributed by atoms with Gasteiger partial charge in [-0.25, -0.2) is 0 Å². The number of aliphatic hydroxyl groups excluding tert-OH is 1. The van der Waals surface area contributed by atoms with Crippen molar-refractivity contribution >= 4 is 31.9 Å². The van der Waals surface area contributed by atoms with Crippen molar-refractivity contribution in [3.8, 4) is 0 Å². The van der Waals surface area contributed by atoms with Gasteiger partial charge in [-0.05, 0) is 18.1 Å². The molecule has 0 aromatic heterocycles. The average Bonchev–Trinajstić information content (AvgIpc) is 2.03. The second-order valence-corrected chi connectivity index (χ2v) is 5.03. The van der Waals surface area contributed by atoms with Crippen LogP contribution in [-0.4, -0.2) is 5.11 Å². The van der Waals surface area contributed by atoms with Crippen LogP contribution in [0.2, 0.25) is 0 Å². The Morgan fingerprint density at radius 2 is 1.62 bits per heavy atom. The van der Waals surface area contributed by atoms with Gasteiger partial charge >= 0.3 is 0 Å². The van der Waals surface area contributed by atoms with Crippen LogP contribution in [-0.2, 0) is 0 Å². The van der Waals surface area contributed by atoms with Crippen molar-refractivity contribution in [2.24, 2.45) is 5.92 Å². The third kappa shape index (κ3) is 2.55. The minimum absolute atomic E-state index is 0.218. The fourth-order valence-corrected chi connectivity index (χ4v) is 2.59. The Hall–Kier alpha value is 0.140. The highest BCUT2D eigenvalue weighted by molar-refractivity contribution is 9.11. The van der Waals surface area contributed by atoms with E-state index in [1.807, 2.05) is 32.0 Å². The van der Waals surface area contributed by atoms with Crippen LogP contribution < -0.4 is 0 Å². The van der Waals surface area contributed by atoms with Gasteiger partial charge in [0.15, 0.2) is 0 Å². The van der Waals surface area contributed by atoms with Crippen LogP contribution in [0.25, 0.3) is 0 Å². The Morgan fingerprint density at radius 1 is 1.15 bits per heavy atom. The third-order valence-corrected chi connectivity index (χ3v) is 3.31. The minimum Gasteiger partial charge on any atom is -0.388 e. The molecule has 0 fully saturated rings. The van der Waals surface area contributed by atoms with E-state index in [0.29, 0.717) is 0 Å². The Balaban J connectivity index is 3.12. The monoisotopic (exact) mass is 306 g/mol. The van der Waals surface area contributed by atoms with E-state index >= 15 is 0 Å². The number of aliphatic hydroxyl groups is 1. The zero-order valence-electron chi connectivity index (χ0n) is 7.59. The predicted octanol–water partition coefficient (Wildman–Crippen LogP) is 3.90. The molecule has 1 aromatic rings. The number of hydrogen-bond donors (Lipinski definition) is 1. The van der Waals surface area contributed by atoms with Crippen molar-refractivity contribution < 1.29 is 5.11 Å². The van der Waals surface area contributed by atoms with Crippen LogP contribution in [0, 0.1) is 5.92 Å². The van der Waals surface area contributed by atoms with Crippen LogP contribution in [0.1, 0.15) is 25.5 Å². The maximum atomic E-state index is 9.90. The van der Waals surface area contributed by atoms with Crippen molar-refractivity contribution in [3.63, 3.8) is 0 Å². The highest BCUT2D eigenvalue weighted by Crippen LogP contribution is 2.34. The maximum absolute atomic E-state index is 9.90. The van der Waals surface area contributed by atoms with E-state index in [-0.39, 0.29) is 5.92 Å². The van der Waals surface area contributed by atoms with E-state index < -0.39 is 6.10 Å². The Bertz CT molecular complexity index is 277. The summed E-state index contributed by atoms with van der Waals surface area (Å²) in [6.07, 6.45) is -0.426. The van der Waals surface area contributed by atoms with E-state index in [1.165, 1.54) is 0 Å². The molecule has 3 heteroatoms. The smallest absolute Gasteiger partial charge is 0.0834 e. The van der Waals surface area contributed by atoms with Gasteiger partial charge in [-0.1, -0.05) is 51.8 Å². The molecule has 0 heterocycles. The minimum atomic E-state index is -0.426. The summed E-state index contributed by atoms with van der Waals surface area (Å²) in [5, 5.41) is 9.90. The molecule has 0 radical (unpaired) electrons. The lowest BCUT2D eigenvalue weighted by Crippen LogP contribution is -2.06. The molecule has 13 heavy (non-hydrogen) atoms. The van der Waals surface area contributed by atoms with Gasteiger partial charge in [0.05, 0.1) is 6.10 Å². The first-order valence-electron chi connectivity index (χ1n) is 4.16. The SMILES string of the molecule is CC(C)C(O)c1c(Br)cccc1Br. The number of hydrogen-bond acceptors (Lipinski definition) is 1. The summed E-state index contributed by atoms with van der Waals surface area (Å²) >= 11 is 6.85. The second kappa shape index (κ2) is 4.58. The Labute approximate surface area is 95.4 Å². The average molecular weight is 308 g/mol. The molecule has 0 amide bonds. The van der Waals surface area contributed by atoms with Gasteiger partial charge in [0.25, 0.3) is 0 Å². The molecule has 0 aliphatic rings. The number of halogens is 2. The standard InChI is InChI=1S/C10H12Br2O/c1-6(2)10(13)9-7(11)4-3-5-8(9)12/h3-6,10,13H,1-2H3. The first-order chi connectivity index (χ1) is 6.04. The van der Waals surface area contributed by atoms with Crippen LogP contribution in [0.15, 0.2) is 27.1 Å². The van der Waals surface area contributed by atoms with Crippen molar-refractivity contribution in [1.82, 2.24) is 0 Å². The van der Waals surface area contributed by atoms with Crippen molar-refractivity contribution in [2.75, 3.05) is 0 Å². The molecule has 0 spiro atoms. The summed E-state index contributed by atoms with van der Waals surface area (Å²) in [4.78, 5) is 0. The largest absolute Gasteiger partial charge is 0.388 e. The summed E-state index contributed by atoms with van der Waals surface area (Å²) < 4.78 is 1.89. The lowest BCUT2D eigenvalue weighted by molar-refractivity contribution is 0.125. The summed E-state index contributed by atoms with van der Waals surface area (Å²) in [6.45, 7) is 3.99. The van der Waals surface area contributed by atoms with E-state index in [1.54, 1.807) is 0 Å². The van der Waals surface area contributed by atoms with Gasteiger partial charge in [0.1, 0.15) is 0 Å². The van der Waals surface area contributed by atoms with Gasteiger partial charge in [-0.2, -0.15) is 0 Å². The molecule has 0 aliphatic carbocycles. The zero-order valence-corrected chi connectivity index (χ0v) is 10.8. The molecule has 1 nitrogen and oxygen atoms in total. The maximum Gasteiger partial charge on any atom is 0.0834 e. The van der Waals surface area contributed by atoms with Gasteiger partial charge in [-0.3, -0.25) is 0 Å². The predicted molar refractivity (Wildman–Crippen MR) is 61.6 cm³/mol. The number of benzene rings is 1. The van der Waals surface area contributed by atoms with Gasteiger partial charge < -0.3 is 5.11 Å². The van der Waals surface area contributed by atoms with Crippen molar-refractivity contribution in [2.45, 2.75) is 20.0 Å². The molecule has 72 valence electrons. The van der Waals surface area contributed by atoms with Crippen LogP contribution >= 0.6 is 31.9 Å². The summed E-state index contributed by atoms with van der Waals surface area (Å²) in [5.74, 6) is 0.218. The summed E-state index contributed by atoms with van der Waals surface area (Å²) in [5.41, 5.74) is 0.928. The van der Waals surface area contributed by atoms with Gasteiger partial charge in [0.2, 0.25) is 0 Å². The second-order valence-electron chi connectivity index (χ2n) is 3.32. The Morgan fingerprint density at radius 3 is 2.00 bits per heavy atom. The molecule has 1 unspecified atom stereocenters. The first kappa shape index (κ1) is 11.2. The van der Waals surface area contributed by atoms with Crippen molar-refractivity contribution in [1.29, 1.82) is 0 Å².